The Balaban J connectivity index is 2.70. The maximum atomic E-state index is 11.8. The third-order valence-electron chi connectivity index (χ3n) is 3.10. The van der Waals surface area contributed by atoms with E-state index in [0.29, 0.717) is 22.8 Å². The van der Waals surface area contributed by atoms with Gasteiger partial charge >= 0.3 is 0 Å². The Labute approximate surface area is 111 Å². The first-order valence-corrected chi connectivity index (χ1v) is 5.94. The number of nitrogens with zero attached hydrogens (tertiary/aromatic N) is 4. The van der Waals surface area contributed by atoms with Gasteiger partial charge in [0.05, 0.1) is 11.9 Å². The van der Waals surface area contributed by atoms with E-state index in [2.05, 4.69) is 15.1 Å². The molecule has 2 aromatic rings. The smallest absolute Gasteiger partial charge is 0.206 e. The van der Waals surface area contributed by atoms with E-state index in [1.165, 1.54) is 4.68 Å². The molecule has 0 saturated heterocycles. The van der Waals surface area contributed by atoms with Crippen LogP contribution in [-0.4, -0.2) is 37.2 Å². The topological polar surface area (TPSA) is 80.9 Å². The van der Waals surface area contributed by atoms with Crippen LogP contribution in [0.2, 0.25) is 0 Å². The number of aryl methyl sites for hydroxylation is 3. The lowest BCUT2D eigenvalue weighted by atomic mass is 10.0. The van der Waals surface area contributed by atoms with Gasteiger partial charge in [-0.3, -0.25) is 9.48 Å². The number of hydrogen-bond acceptors (Lipinski definition) is 5. The number of hydrogen-bond donors (Lipinski definition) is 1. The molecule has 2 rings (SSSR count). The van der Waals surface area contributed by atoms with Crippen molar-refractivity contribution in [1.29, 1.82) is 0 Å². The number of aliphatic hydroxyl groups excluding tert-OH is 1. The second kappa shape index (κ2) is 4.89. The van der Waals surface area contributed by atoms with Crippen LogP contribution < -0.4 is 0 Å². The van der Waals surface area contributed by atoms with E-state index < -0.39 is 6.61 Å². The number of rotatable bonds is 3. The first-order chi connectivity index (χ1) is 8.95. The Morgan fingerprint density at radius 3 is 2.63 bits per heavy atom. The fourth-order valence-electron chi connectivity index (χ4n) is 2.05. The fourth-order valence-corrected chi connectivity index (χ4v) is 2.05. The van der Waals surface area contributed by atoms with Crippen molar-refractivity contribution in [3.63, 3.8) is 0 Å². The summed E-state index contributed by atoms with van der Waals surface area (Å²) in [6, 6.07) is 0. The van der Waals surface area contributed by atoms with E-state index in [9.17, 15) is 4.79 Å². The second-order valence-electron chi connectivity index (χ2n) is 4.44. The molecule has 6 nitrogen and oxygen atoms in total. The molecule has 0 bridgehead atoms. The van der Waals surface area contributed by atoms with Crippen LogP contribution in [0.4, 0.5) is 0 Å². The number of carbonyl (C=O) groups excluding carboxylic acids is 1. The average molecular weight is 260 g/mol. The van der Waals surface area contributed by atoms with E-state index in [1.54, 1.807) is 20.2 Å². The molecule has 0 unspecified atom stereocenters. The maximum Gasteiger partial charge on any atom is 0.206 e. The number of Topliss-reactive ketones (excluding diaryl/α,β-unsaturated/α-hetero) is 1. The van der Waals surface area contributed by atoms with Crippen molar-refractivity contribution in [2.75, 3.05) is 6.61 Å². The summed E-state index contributed by atoms with van der Waals surface area (Å²) in [5.41, 5.74) is 3.46. The lowest BCUT2D eigenvalue weighted by Crippen LogP contribution is -2.12. The van der Waals surface area contributed by atoms with Gasteiger partial charge in [0.25, 0.3) is 0 Å². The Morgan fingerprint density at radius 1 is 1.32 bits per heavy atom. The largest absolute Gasteiger partial charge is 0.388 e. The maximum absolute atomic E-state index is 11.8. The SMILES string of the molecule is Cc1nc(C)c(C)c(-c2cnn(C)c2C(=O)CO)n1. The summed E-state index contributed by atoms with van der Waals surface area (Å²) in [5, 5.41) is 13.1. The molecular formula is C13H16N4O2. The van der Waals surface area contributed by atoms with Crippen molar-refractivity contribution in [2.24, 2.45) is 7.05 Å². The zero-order chi connectivity index (χ0) is 14.2. The molecule has 0 aliphatic heterocycles. The molecule has 0 radical (unpaired) electrons. The van der Waals surface area contributed by atoms with Gasteiger partial charge in [0, 0.05) is 18.3 Å². The predicted octanol–water partition coefficient (Wildman–Crippen LogP) is 0.977. The summed E-state index contributed by atoms with van der Waals surface area (Å²) in [5.74, 6) is 0.271. The van der Waals surface area contributed by atoms with Crippen LogP contribution in [0.25, 0.3) is 11.3 Å². The van der Waals surface area contributed by atoms with Crippen LogP contribution in [-0.2, 0) is 7.05 Å². The van der Waals surface area contributed by atoms with Gasteiger partial charge in [-0.1, -0.05) is 0 Å². The van der Waals surface area contributed by atoms with Crippen LogP contribution in [0.1, 0.15) is 27.6 Å². The van der Waals surface area contributed by atoms with Crippen molar-refractivity contribution in [2.45, 2.75) is 20.8 Å². The molecule has 2 aromatic heterocycles. The van der Waals surface area contributed by atoms with Crippen LogP contribution in [0.3, 0.4) is 0 Å². The zero-order valence-corrected chi connectivity index (χ0v) is 11.4. The highest BCUT2D eigenvalue weighted by Gasteiger charge is 2.20. The number of aromatic nitrogens is 4. The lowest BCUT2D eigenvalue weighted by Gasteiger charge is -2.09. The van der Waals surface area contributed by atoms with E-state index in [4.69, 9.17) is 5.11 Å². The minimum absolute atomic E-state index is 0.364. The van der Waals surface area contributed by atoms with Crippen molar-refractivity contribution in [3.8, 4) is 11.3 Å². The minimum Gasteiger partial charge on any atom is -0.388 e. The fraction of sp³-hybridized carbons (Fsp3) is 0.385. The van der Waals surface area contributed by atoms with Gasteiger partial charge in [-0.15, -0.1) is 0 Å². The number of ketones is 1. The minimum atomic E-state index is -0.547. The second-order valence-corrected chi connectivity index (χ2v) is 4.44. The van der Waals surface area contributed by atoms with Crippen molar-refractivity contribution in [3.05, 3.63) is 29.0 Å². The van der Waals surface area contributed by atoms with Gasteiger partial charge in [-0.05, 0) is 26.3 Å². The Kier molecular flexibility index (Phi) is 3.44. The van der Waals surface area contributed by atoms with Gasteiger partial charge in [-0.25, -0.2) is 9.97 Å². The lowest BCUT2D eigenvalue weighted by molar-refractivity contribution is 0.0895. The molecule has 0 amide bonds. The Bertz CT molecular complexity index is 646. The van der Waals surface area contributed by atoms with Crippen LogP contribution in [0.5, 0.6) is 0 Å². The molecule has 2 heterocycles. The Hall–Kier alpha value is -2.08. The van der Waals surface area contributed by atoms with Gasteiger partial charge in [-0.2, -0.15) is 5.10 Å². The molecule has 1 N–H and O–H groups in total. The summed E-state index contributed by atoms with van der Waals surface area (Å²) in [6.45, 7) is 5.07. The van der Waals surface area contributed by atoms with E-state index >= 15 is 0 Å². The zero-order valence-electron chi connectivity index (χ0n) is 11.4. The first-order valence-electron chi connectivity index (χ1n) is 5.94. The molecule has 0 aliphatic rings. The molecule has 0 spiro atoms. The predicted molar refractivity (Wildman–Crippen MR) is 69.9 cm³/mol. The third-order valence-corrected chi connectivity index (χ3v) is 3.10. The third kappa shape index (κ3) is 2.26. The van der Waals surface area contributed by atoms with Crippen LogP contribution >= 0.6 is 0 Å². The summed E-state index contributed by atoms with van der Waals surface area (Å²) < 4.78 is 1.46. The average Bonchev–Trinajstić information content (AvgIpc) is 2.74. The molecule has 0 fully saturated rings. The molecule has 0 atom stereocenters. The number of carbonyl (C=O) groups is 1. The summed E-state index contributed by atoms with van der Waals surface area (Å²) in [6.07, 6.45) is 1.59. The van der Waals surface area contributed by atoms with Gasteiger partial charge in [0.1, 0.15) is 18.1 Å². The molecular weight excluding hydrogens is 244 g/mol. The molecule has 100 valence electrons. The quantitative estimate of drug-likeness (QED) is 0.832. The van der Waals surface area contributed by atoms with E-state index in [1.807, 2.05) is 13.8 Å². The first kappa shape index (κ1) is 13.4. The highest BCUT2D eigenvalue weighted by molar-refractivity contribution is 6.01. The monoisotopic (exact) mass is 260 g/mol. The van der Waals surface area contributed by atoms with Gasteiger partial charge in [0.2, 0.25) is 5.78 Å². The summed E-state index contributed by atoms with van der Waals surface area (Å²) in [7, 11) is 1.67. The summed E-state index contributed by atoms with van der Waals surface area (Å²) in [4.78, 5) is 20.5. The molecule has 19 heavy (non-hydrogen) atoms. The summed E-state index contributed by atoms with van der Waals surface area (Å²) >= 11 is 0. The van der Waals surface area contributed by atoms with E-state index in [0.717, 1.165) is 11.3 Å². The molecule has 0 saturated carbocycles. The van der Waals surface area contributed by atoms with Crippen molar-refractivity contribution in [1.82, 2.24) is 19.7 Å². The van der Waals surface area contributed by atoms with Crippen molar-refractivity contribution < 1.29 is 9.90 Å². The van der Waals surface area contributed by atoms with E-state index in [-0.39, 0.29) is 5.78 Å². The van der Waals surface area contributed by atoms with Crippen LogP contribution in [0.15, 0.2) is 6.20 Å². The highest BCUT2D eigenvalue weighted by Crippen LogP contribution is 2.26. The highest BCUT2D eigenvalue weighted by atomic mass is 16.3. The van der Waals surface area contributed by atoms with Crippen LogP contribution in [0, 0.1) is 20.8 Å². The number of aliphatic hydroxyl groups is 1. The Morgan fingerprint density at radius 2 is 2.00 bits per heavy atom. The van der Waals surface area contributed by atoms with Gasteiger partial charge in [0.15, 0.2) is 0 Å². The van der Waals surface area contributed by atoms with Gasteiger partial charge < -0.3 is 5.11 Å². The van der Waals surface area contributed by atoms with Crippen molar-refractivity contribution >= 4 is 5.78 Å². The molecule has 0 aliphatic carbocycles. The molecule has 6 heteroatoms. The normalized spacial score (nSPS) is 10.8. The standard InChI is InChI=1S/C13H16N4O2/c1-7-8(2)15-9(3)16-12(7)10-5-14-17(4)13(10)11(19)6-18/h5,18H,6H2,1-4H3. The molecule has 0 aromatic carbocycles.